The maximum atomic E-state index is 9.32. The lowest BCUT2D eigenvalue weighted by molar-refractivity contribution is 0.190. The van der Waals surface area contributed by atoms with Crippen molar-refractivity contribution in [1.82, 2.24) is 0 Å². The predicted octanol–water partition coefficient (Wildman–Crippen LogP) is 1.27. The molecule has 0 fully saturated rings. The molecule has 0 aliphatic heterocycles. The molecule has 1 unspecified atom stereocenters. The van der Waals surface area contributed by atoms with E-state index in [2.05, 4.69) is 15.9 Å². The van der Waals surface area contributed by atoms with E-state index >= 15 is 0 Å². The molecule has 0 radical (unpaired) electrons. The number of aliphatic hydroxyl groups excluding tert-OH is 1. The molecule has 1 aromatic rings. The van der Waals surface area contributed by atoms with Gasteiger partial charge in [0.25, 0.3) is 0 Å². The first-order chi connectivity index (χ1) is 6.13. The number of nitrogens with two attached hydrogens (primary N) is 1. The Morgan fingerprint density at radius 3 is 2.85 bits per heavy atom. The second-order valence-corrected chi connectivity index (χ2v) is 5.29. The van der Waals surface area contributed by atoms with Gasteiger partial charge in [-0.05, 0) is 28.1 Å². The summed E-state index contributed by atoms with van der Waals surface area (Å²) in [5.41, 5.74) is 5.32. The minimum absolute atomic E-state index is 0.302. The highest BCUT2D eigenvalue weighted by molar-refractivity contribution is 9.11. The average Bonchev–Trinajstić information content (AvgIpc) is 2.51. The van der Waals surface area contributed by atoms with Crippen molar-refractivity contribution in [2.75, 3.05) is 25.0 Å². The zero-order chi connectivity index (χ0) is 9.84. The SMILES string of the molecule is CN(CC(O)CN)c1ccc(Br)s1. The molecule has 0 amide bonds. The summed E-state index contributed by atoms with van der Waals surface area (Å²) in [5, 5.41) is 10.4. The molecule has 3 nitrogen and oxygen atoms in total. The fourth-order valence-corrected chi connectivity index (χ4v) is 2.32. The largest absolute Gasteiger partial charge is 0.390 e. The van der Waals surface area contributed by atoms with E-state index in [0.29, 0.717) is 13.1 Å². The van der Waals surface area contributed by atoms with Crippen LogP contribution in [0.2, 0.25) is 0 Å². The number of likely N-dealkylation sites (N-methyl/N-ethyl adjacent to an activating group) is 1. The summed E-state index contributed by atoms with van der Waals surface area (Å²) in [6, 6.07) is 4.00. The van der Waals surface area contributed by atoms with Gasteiger partial charge < -0.3 is 15.7 Å². The third-order valence-electron chi connectivity index (χ3n) is 1.69. The van der Waals surface area contributed by atoms with Gasteiger partial charge in [-0.2, -0.15) is 0 Å². The molecule has 0 aromatic carbocycles. The second kappa shape index (κ2) is 4.95. The molecule has 1 rings (SSSR count). The molecule has 0 saturated carbocycles. The van der Waals surface area contributed by atoms with Crippen LogP contribution in [0.4, 0.5) is 5.00 Å². The third-order valence-corrected chi connectivity index (χ3v) is 3.43. The van der Waals surface area contributed by atoms with Gasteiger partial charge in [-0.15, -0.1) is 11.3 Å². The van der Waals surface area contributed by atoms with Crippen molar-refractivity contribution in [3.05, 3.63) is 15.9 Å². The Labute approximate surface area is 90.3 Å². The number of hydrogen-bond acceptors (Lipinski definition) is 4. The Balaban J connectivity index is 2.53. The van der Waals surface area contributed by atoms with E-state index in [1.165, 1.54) is 0 Å². The summed E-state index contributed by atoms with van der Waals surface area (Å²) >= 11 is 5.03. The predicted molar refractivity (Wildman–Crippen MR) is 60.4 cm³/mol. The Hall–Kier alpha value is -0.100. The lowest BCUT2D eigenvalue weighted by Crippen LogP contribution is -2.33. The summed E-state index contributed by atoms with van der Waals surface area (Å²) in [6.45, 7) is 0.875. The van der Waals surface area contributed by atoms with Crippen LogP contribution >= 0.6 is 27.3 Å². The average molecular weight is 265 g/mol. The lowest BCUT2D eigenvalue weighted by Gasteiger charge is -2.19. The molecular formula is C8H13BrN2OS. The zero-order valence-corrected chi connectivity index (χ0v) is 9.81. The highest BCUT2D eigenvalue weighted by atomic mass is 79.9. The molecule has 1 heterocycles. The van der Waals surface area contributed by atoms with Gasteiger partial charge in [0, 0.05) is 20.1 Å². The summed E-state index contributed by atoms with van der Waals surface area (Å²) < 4.78 is 1.09. The highest BCUT2D eigenvalue weighted by Crippen LogP contribution is 2.28. The maximum Gasteiger partial charge on any atom is 0.0918 e. The fourth-order valence-electron chi connectivity index (χ4n) is 0.991. The number of rotatable bonds is 4. The van der Waals surface area contributed by atoms with Gasteiger partial charge in [0.15, 0.2) is 0 Å². The number of thiophene rings is 1. The Kier molecular flexibility index (Phi) is 4.18. The first-order valence-corrected chi connectivity index (χ1v) is 5.59. The maximum absolute atomic E-state index is 9.32. The van der Waals surface area contributed by atoms with E-state index < -0.39 is 6.10 Å². The number of aliphatic hydroxyl groups is 1. The number of hydrogen-bond donors (Lipinski definition) is 2. The highest BCUT2D eigenvalue weighted by Gasteiger charge is 2.08. The molecule has 5 heteroatoms. The first kappa shape index (κ1) is 11.0. The normalized spacial score (nSPS) is 12.9. The van der Waals surface area contributed by atoms with Crippen LogP contribution in [0.1, 0.15) is 0 Å². The lowest BCUT2D eigenvalue weighted by atomic mass is 10.3. The van der Waals surface area contributed by atoms with Crippen LogP contribution in [0.3, 0.4) is 0 Å². The van der Waals surface area contributed by atoms with E-state index in [4.69, 9.17) is 5.73 Å². The Morgan fingerprint density at radius 2 is 2.38 bits per heavy atom. The van der Waals surface area contributed by atoms with E-state index in [1.807, 2.05) is 24.1 Å². The minimum atomic E-state index is -0.453. The zero-order valence-electron chi connectivity index (χ0n) is 7.40. The van der Waals surface area contributed by atoms with Crippen LogP contribution in [0.15, 0.2) is 15.9 Å². The molecule has 74 valence electrons. The summed E-state index contributed by atoms with van der Waals surface area (Å²) in [7, 11) is 1.94. The monoisotopic (exact) mass is 264 g/mol. The molecule has 0 aliphatic rings. The van der Waals surface area contributed by atoms with Gasteiger partial charge in [0.2, 0.25) is 0 Å². The number of halogens is 1. The van der Waals surface area contributed by atoms with Gasteiger partial charge in [-0.3, -0.25) is 0 Å². The minimum Gasteiger partial charge on any atom is -0.390 e. The van der Waals surface area contributed by atoms with Crippen LogP contribution in [0.5, 0.6) is 0 Å². The fraction of sp³-hybridized carbons (Fsp3) is 0.500. The van der Waals surface area contributed by atoms with Crippen molar-refractivity contribution in [2.45, 2.75) is 6.10 Å². The Morgan fingerprint density at radius 1 is 1.69 bits per heavy atom. The standard InChI is InChI=1S/C8H13BrN2OS/c1-11(5-6(12)4-10)8-3-2-7(9)13-8/h2-3,6,12H,4-5,10H2,1H3. The van der Waals surface area contributed by atoms with Crippen LogP contribution in [-0.4, -0.2) is 31.3 Å². The van der Waals surface area contributed by atoms with Gasteiger partial charge in [-0.1, -0.05) is 0 Å². The van der Waals surface area contributed by atoms with Crippen molar-refractivity contribution < 1.29 is 5.11 Å². The van der Waals surface area contributed by atoms with Gasteiger partial charge >= 0.3 is 0 Å². The third kappa shape index (κ3) is 3.27. The summed E-state index contributed by atoms with van der Waals surface area (Å²) in [5.74, 6) is 0. The molecule has 13 heavy (non-hydrogen) atoms. The van der Waals surface area contributed by atoms with E-state index in [0.717, 1.165) is 8.79 Å². The molecule has 0 aliphatic carbocycles. The van der Waals surface area contributed by atoms with Crippen LogP contribution in [0, 0.1) is 0 Å². The molecular weight excluding hydrogens is 252 g/mol. The summed E-state index contributed by atoms with van der Waals surface area (Å²) in [6.07, 6.45) is -0.453. The number of anilines is 1. The van der Waals surface area contributed by atoms with E-state index in [-0.39, 0.29) is 0 Å². The van der Waals surface area contributed by atoms with E-state index in [9.17, 15) is 5.11 Å². The molecule has 0 bridgehead atoms. The van der Waals surface area contributed by atoms with E-state index in [1.54, 1.807) is 11.3 Å². The smallest absolute Gasteiger partial charge is 0.0918 e. The van der Waals surface area contributed by atoms with Crippen molar-refractivity contribution in [3.63, 3.8) is 0 Å². The van der Waals surface area contributed by atoms with Crippen molar-refractivity contribution in [3.8, 4) is 0 Å². The topological polar surface area (TPSA) is 49.5 Å². The molecule has 1 aromatic heterocycles. The summed E-state index contributed by atoms with van der Waals surface area (Å²) in [4.78, 5) is 1.99. The first-order valence-electron chi connectivity index (χ1n) is 3.98. The molecule has 0 spiro atoms. The van der Waals surface area contributed by atoms with Crippen molar-refractivity contribution in [2.24, 2.45) is 5.73 Å². The molecule has 1 atom stereocenters. The van der Waals surface area contributed by atoms with Crippen molar-refractivity contribution in [1.29, 1.82) is 0 Å². The van der Waals surface area contributed by atoms with Crippen molar-refractivity contribution >= 4 is 32.3 Å². The number of nitrogens with zero attached hydrogens (tertiary/aromatic N) is 1. The van der Waals surface area contributed by atoms with Gasteiger partial charge in [0.1, 0.15) is 0 Å². The quantitative estimate of drug-likeness (QED) is 0.861. The van der Waals surface area contributed by atoms with Crippen LogP contribution in [0.25, 0.3) is 0 Å². The van der Waals surface area contributed by atoms with Gasteiger partial charge in [-0.25, -0.2) is 0 Å². The van der Waals surface area contributed by atoms with Gasteiger partial charge in [0.05, 0.1) is 14.9 Å². The van der Waals surface area contributed by atoms with Crippen LogP contribution < -0.4 is 10.6 Å². The van der Waals surface area contributed by atoms with Crippen LogP contribution in [-0.2, 0) is 0 Å². The Bertz CT molecular complexity index is 266. The second-order valence-electron chi connectivity index (χ2n) is 2.85. The molecule has 0 saturated heterocycles. The molecule has 3 N–H and O–H groups in total.